The predicted octanol–water partition coefficient (Wildman–Crippen LogP) is 3.04. The lowest BCUT2D eigenvalue weighted by atomic mass is 10.1. The summed E-state index contributed by atoms with van der Waals surface area (Å²) in [6, 6.07) is 8.49. The first-order chi connectivity index (χ1) is 10.4. The van der Waals surface area contributed by atoms with Crippen LogP contribution in [0.3, 0.4) is 0 Å². The zero-order valence-corrected chi connectivity index (χ0v) is 12.7. The Morgan fingerprint density at radius 2 is 1.91 bits per heavy atom. The highest BCUT2D eigenvalue weighted by Gasteiger charge is 2.18. The van der Waals surface area contributed by atoms with Gasteiger partial charge in [0.15, 0.2) is 6.54 Å². The molecule has 0 unspecified atom stereocenters. The zero-order valence-electron chi connectivity index (χ0n) is 12.7. The lowest BCUT2D eigenvalue weighted by Crippen LogP contribution is -2.10. The molecule has 0 radical (unpaired) electrons. The zero-order chi connectivity index (χ0) is 16.3. The summed E-state index contributed by atoms with van der Waals surface area (Å²) in [7, 11) is 0. The maximum Gasteiger partial charge on any atom is 0.279 e. The summed E-state index contributed by atoms with van der Waals surface area (Å²) in [6.45, 7) is 5.45. The molecule has 0 N–H and O–H groups in total. The lowest BCUT2D eigenvalue weighted by Gasteiger charge is -2.08. The molecule has 1 aromatic heterocycles. The quantitative estimate of drug-likeness (QED) is 0.285. The summed E-state index contributed by atoms with van der Waals surface area (Å²) in [4.78, 5) is 14.9. The molecule has 6 heteroatoms. The second-order valence-electron chi connectivity index (χ2n) is 5.24. The first kappa shape index (κ1) is 15.6. The second kappa shape index (κ2) is 6.34. The lowest BCUT2D eigenvalue weighted by molar-refractivity contribution is -0.472. The minimum Gasteiger partial charge on any atom is -0.623 e. The molecule has 0 atom stereocenters. The van der Waals surface area contributed by atoms with Gasteiger partial charge in [-0.25, -0.2) is 9.72 Å². The average molecular weight is 299 g/mol. The molecule has 22 heavy (non-hydrogen) atoms. The third-order valence-corrected chi connectivity index (χ3v) is 3.29. The summed E-state index contributed by atoms with van der Waals surface area (Å²) in [5.41, 5.74) is 3.47. The molecule has 0 spiro atoms. The minimum absolute atomic E-state index is 0.0392. The molecule has 2 rings (SSSR count). The van der Waals surface area contributed by atoms with E-state index in [0.29, 0.717) is 16.0 Å². The van der Waals surface area contributed by atoms with E-state index in [0.717, 1.165) is 16.8 Å². The van der Waals surface area contributed by atoms with Gasteiger partial charge in [0, 0.05) is 11.8 Å². The standard InChI is InChI=1S/C16H17N3O3/c1-11-7-13(3)17-14(8-11)9-18(20)10-15-12(2)5-4-6-16(15)19(21)22/h4-9H,10H2,1-3H3/b18-9-. The topological polar surface area (TPSA) is 82.1 Å². The van der Waals surface area contributed by atoms with Gasteiger partial charge in [-0.2, -0.15) is 0 Å². The van der Waals surface area contributed by atoms with Crippen LogP contribution in [0.1, 0.15) is 28.1 Å². The van der Waals surface area contributed by atoms with Crippen molar-refractivity contribution in [3.05, 3.63) is 73.7 Å². The molecule has 0 aliphatic heterocycles. The summed E-state index contributed by atoms with van der Waals surface area (Å²) in [6.07, 6.45) is 1.36. The van der Waals surface area contributed by atoms with Crippen LogP contribution in [0.15, 0.2) is 30.3 Å². The molecular formula is C16H17N3O3. The molecule has 0 bridgehead atoms. The molecule has 2 aromatic rings. The van der Waals surface area contributed by atoms with Crippen LogP contribution in [-0.2, 0) is 6.54 Å². The first-order valence-corrected chi connectivity index (χ1v) is 6.83. The predicted molar refractivity (Wildman–Crippen MR) is 84.0 cm³/mol. The van der Waals surface area contributed by atoms with E-state index in [9.17, 15) is 15.3 Å². The highest BCUT2D eigenvalue weighted by molar-refractivity contribution is 5.73. The fourth-order valence-electron chi connectivity index (χ4n) is 2.35. The Kier molecular flexibility index (Phi) is 4.50. The Morgan fingerprint density at radius 3 is 2.55 bits per heavy atom. The normalized spacial score (nSPS) is 11.5. The largest absolute Gasteiger partial charge is 0.623 e. The third kappa shape index (κ3) is 3.66. The maximum atomic E-state index is 12.1. The van der Waals surface area contributed by atoms with Crippen LogP contribution in [0, 0.1) is 36.1 Å². The first-order valence-electron chi connectivity index (χ1n) is 6.83. The smallest absolute Gasteiger partial charge is 0.279 e. The van der Waals surface area contributed by atoms with Crippen LogP contribution in [0.5, 0.6) is 0 Å². The molecule has 0 amide bonds. The van der Waals surface area contributed by atoms with E-state index in [1.165, 1.54) is 12.3 Å². The fraction of sp³-hybridized carbons (Fsp3) is 0.250. The van der Waals surface area contributed by atoms with Crippen molar-refractivity contribution < 1.29 is 9.66 Å². The van der Waals surface area contributed by atoms with Crippen molar-refractivity contribution in [2.75, 3.05) is 0 Å². The van der Waals surface area contributed by atoms with E-state index in [1.807, 2.05) is 19.9 Å². The monoisotopic (exact) mass is 299 g/mol. The molecule has 0 aliphatic rings. The Labute approximate surface area is 128 Å². The molecule has 6 nitrogen and oxygen atoms in total. The summed E-state index contributed by atoms with van der Waals surface area (Å²) in [5, 5.41) is 23.2. The van der Waals surface area contributed by atoms with E-state index in [2.05, 4.69) is 4.98 Å². The van der Waals surface area contributed by atoms with Crippen molar-refractivity contribution in [3.8, 4) is 0 Å². The molecule has 0 aliphatic carbocycles. The summed E-state index contributed by atoms with van der Waals surface area (Å²) in [5.74, 6) is 0. The van der Waals surface area contributed by atoms with Crippen LogP contribution in [0.25, 0.3) is 0 Å². The average Bonchev–Trinajstić information content (AvgIpc) is 2.39. The highest BCUT2D eigenvalue weighted by Crippen LogP contribution is 2.22. The van der Waals surface area contributed by atoms with E-state index >= 15 is 0 Å². The van der Waals surface area contributed by atoms with Gasteiger partial charge in [-0.05, 0) is 44.0 Å². The highest BCUT2D eigenvalue weighted by atomic mass is 16.6. The van der Waals surface area contributed by atoms with E-state index in [1.54, 1.807) is 25.1 Å². The molecule has 1 aromatic carbocycles. The number of hydroxylamine groups is 1. The Hall–Kier alpha value is -2.76. The Morgan fingerprint density at radius 1 is 1.18 bits per heavy atom. The number of hydrogen-bond acceptors (Lipinski definition) is 4. The van der Waals surface area contributed by atoms with Crippen LogP contribution < -0.4 is 0 Å². The van der Waals surface area contributed by atoms with Gasteiger partial charge in [0.1, 0.15) is 5.69 Å². The van der Waals surface area contributed by atoms with Gasteiger partial charge in [0.2, 0.25) is 6.21 Å². The number of benzene rings is 1. The van der Waals surface area contributed by atoms with Gasteiger partial charge < -0.3 is 5.21 Å². The summed E-state index contributed by atoms with van der Waals surface area (Å²) >= 11 is 0. The van der Waals surface area contributed by atoms with Crippen molar-refractivity contribution in [2.45, 2.75) is 27.3 Å². The van der Waals surface area contributed by atoms with Crippen molar-refractivity contribution in [1.82, 2.24) is 4.98 Å². The van der Waals surface area contributed by atoms with E-state index < -0.39 is 4.92 Å². The van der Waals surface area contributed by atoms with Crippen LogP contribution in [-0.4, -0.2) is 20.9 Å². The molecule has 0 saturated carbocycles. The molecule has 0 fully saturated rings. The number of hydrogen-bond donors (Lipinski definition) is 0. The Balaban J connectivity index is 2.34. The fourth-order valence-corrected chi connectivity index (χ4v) is 2.35. The number of nitro benzene ring substituents is 1. The van der Waals surface area contributed by atoms with Crippen molar-refractivity contribution in [3.63, 3.8) is 0 Å². The van der Waals surface area contributed by atoms with Crippen molar-refractivity contribution in [2.24, 2.45) is 0 Å². The third-order valence-electron chi connectivity index (χ3n) is 3.29. The van der Waals surface area contributed by atoms with Crippen molar-refractivity contribution in [1.29, 1.82) is 0 Å². The molecular weight excluding hydrogens is 282 g/mol. The number of nitrogens with zero attached hydrogens (tertiary/aromatic N) is 3. The van der Waals surface area contributed by atoms with Gasteiger partial charge in [-0.15, -0.1) is 0 Å². The number of rotatable bonds is 4. The van der Waals surface area contributed by atoms with Crippen LogP contribution in [0.4, 0.5) is 5.69 Å². The van der Waals surface area contributed by atoms with Crippen molar-refractivity contribution >= 4 is 11.9 Å². The van der Waals surface area contributed by atoms with Gasteiger partial charge in [0.05, 0.1) is 10.5 Å². The molecule has 0 saturated heterocycles. The Bertz CT molecular complexity index is 734. The van der Waals surface area contributed by atoms with Gasteiger partial charge >= 0.3 is 0 Å². The van der Waals surface area contributed by atoms with Crippen LogP contribution in [0.2, 0.25) is 0 Å². The molecule has 114 valence electrons. The molecule has 1 heterocycles. The van der Waals surface area contributed by atoms with E-state index in [4.69, 9.17) is 0 Å². The minimum atomic E-state index is -0.467. The maximum absolute atomic E-state index is 12.1. The van der Waals surface area contributed by atoms with Crippen LogP contribution >= 0.6 is 0 Å². The van der Waals surface area contributed by atoms with Gasteiger partial charge in [0.25, 0.3) is 5.69 Å². The number of aromatic nitrogens is 1. The summed E-state index contributed by atoms with van der Waals surface area (Å²) < 4.78 is 0.677. The second-order valence-corrected chi connectivity index (χ2v) is 5.24. The van der Waals surface area contributed by atoms with E-state index in [-0.39, 0.29) is 12.2 Å². The van der Waals surface area contributed by atoms with Gasteiger partial charge in [-0.1, -0.05) is 12.1 Å². The van der Waals surface area contributed by atoms with Gasteiger partial charge in [-0.3, -0.25) is 10.1 Å². The number of pyridine rings is 1. The number of nitro groups is 1. The number of aryl methyl sites for hydroxylation is 3. The SMILES string of the molecule is Cc1cc(C)nc(/C=[N+](\[O-])Cc2c(C)cccc2[N+](=O)[O-])c1.